The van der Waals surface area contributed by atoms with Crippen molar-refractivity contribution in [2.24, 2.45) is 5.73 Å². The predicted molar refractivity (Wildman–Crippen MR) is 96.8 cm³/mol. The van der Waals surface area contributed by atoms with Crippen molar-refractivity contribution in [1.29, 1.82) is 0 Å². The SMILES string of the molecule is COc1ccc(C(=O)N2C[C@@H](Oc3ccccc3)C[C@H]2C(N)=O)c(OC)n1. The second-order valence-electron chi connectivity index (χ2n) is 6.07. The maximum atomic E-state index is 13.0. The molecule has 1 aromatic heterocycles. The molecule has 3 rings (SSSR count). The Bertz CT molecular complexity index is 827. The van der Waals surface area contributed by atoms with E-state index in [1.54, 1.807) is 12.1 Å². The van der Waals surface area contributed by atoms with Gasteiger partial charge in [0.2, 0.25) is 17.7 Å². The van der Waals surface area contributed by atoms with E-state index in [-0.39, 0.29) is 24.1 Å². The first-order valence-electron chi connectivity index (χ1n) is 8.44. The fraction of sp³-hybridized carbons (Fsp3) is 0.316. The molecule has 1 aromatic carbocycles. The Morgan fingerprint density at radius 1 is 1.11 bits per heavy atom. The summed E-state index contributed by atoms with van der Waals surface area (Å²) in [6, 6.07) is 11.6. The van der Waals surface area contributed by atoms with Gasteiger partial charge in [0.25, 0.3) is 5.91 Å². The number of primary amides is 1. The van der Waals surface area contributed by atoms with Gasteiger partial charge in [0.15, 0.2) is 0 Å². The number of amides is 2. The molecule has 1 saturated heterocycles. The van der Waals surface area contributed by atoms with Gasteiger partial charge in [0.1, 0.15) is 23.5 Å². The second-order valence-corrected chi connectivity index (χ2v) is 6.07. The van der Waals surface area contributed by atoms with Crippen LogP contribution in [0, 0.1) is 0 Å². The monoisotopic (exact) mass is 371 g/mol. The average Bonchev–Trinajstić information content (AvgIpc) is 3.11. The highest BCUT2D eigenvalue weighted by atomic mass is 16.5. The van der Waals surface area contributed by atoms with Crippen LogP contribution in [0.5, 0.6) is 17.5 Å². The van der Waals surface area contributed by atoms with Gasteiger partial charge < -0.3 is 24.8 Å². The first-order valence-corrected chi connectivity index (χ1v) is 8.44. The molecule has 0 aliphatic carbocycles. The van der Waals surface area contributed by atoms with Crippen LogP contribution >= 0.6 is 0 Å². The molecule has 2 amide bonds. The molecule has 27 heavy (non-hydrogen) atoms. The fourth-order valence-corrected chi connectivity index (χ4v) is 3.08. The number of carbonyl (C=O) groups excluding carboxylic acids is 2. The van der Waals surface area contributed by atoms with Crippen LogP contribution in [0.25, 0.3) is 0 Å². The van der Waals surface area contributed by atoms with Gasteiger partial charge in [-0.15, -0.1) is 0 Å². The van der Waals surface area contributed by atoms with Crippen molar-refractivity contribution in [3.05, 3.63) is 48.0 Å². The number of pyridine rings is 1. The van der Waals surface area contributed by atoms with Crippen LogP contribution in [0.2, 0.25) is 0 Å². The number of ether oxygens (including phenoxy) is 3. The molecule has 1 aliphatic rings. The minimum absolute atomic E-state index is 0.120. The summed E-state index contributed by atoms with van der Waals surface area (Å²) in [7, 11) is 2.88. The summed E-state index contributed by atoms with van der Waals surface area (Å²) in [5, 5.41) is 0. The Hall–Kier alpha value is -3.29. The molecule has 2 aromatic rings. The first kappa shape index (κ1) is 18.5. The third kappa shape index (κ3) is 3.94. The van der Waals surface area contributed by atoms with Crippen molar-refractivity contribution in [2.45, 2.75) is 18.6 Å². The Morgan fingerprint density at radius 3 is 2.48 bits per heavy atom. The predicted octanol–water partition coefficient (Wildman–Crippen LogP) is 1.25. The minimum Gasteiger partial charge on any atom is -0.488 e. The van der Waals surface area contributed by atoms with Gasteiger partial charge in [0, 0.05) is 12.5 Å². The van der Waals surface area contributed by atoms with Crippen molar-refractivity contribution in [1.82, 2.24) is 9.88 Å². The van der Waals surface area contributed by atoms with Crippen molar-refractivity contribution in [3.63, 3.8) is 0 Å². The van der Waals surface area contributed by atoms with E-state index >= 15 is 0 Å². The van der Waals surface area contributed by atoms with Crippen LogP contribution in [0.15, 0.2) is 42.5 Å². The van der Waals surface area contributed by atoms with E-state index in [1.807, 2.05) is 30.3 Å². The van der Waals surface area contributed by atoms with Gasteiger partial charge in [-0.2, -0.15) is 4.98 Å². The molecule has 0 bridgehead atoms. The molecule has 2 N–H and O–H groups in total. The lowest BCUT2D eigenvalue weighted by Gasteiger charge is -2.22. The number of hydrogen-bond donors (Lipinski definition) is 1. The third-order valence-corrected chi connectivity index (χ3v) is 4.37. The van der Waals surface area contributed by atoms with E-state index in [4.69, 9.17) is 19.9 Å². The van der Waals surface area contributed by atoms with E-state index < -0.39 is 17.9 Å². The number of hydrogen-bond acceptors (Lipinski definition) is 6. The number of benzene rings is 1. The van der Waals surface area contributed by atoms with Crippen LogP contribution in [0.3, 0.4) is 0 Å². The first-order chi connectivity index (χ1) is 13.0. The lowest BCUT2D eigenvalue weighted by Crippen LogP contribution is -2.43. The quantitative estimate of drug-likeness (QED) is 0.819. The molecular formula is C19H21N3O5. The van der Waals surface area contributed by atoms with Gasteiger partial charge in [-0.3, -0.25) is 9.59 Å². The van der Waals surface area contributed by atoms with Gasteiger partial charge in [-0.05, 0) is 18.2 Å². The highest BCUT2D eigenvalue weighted by Gasteiger charge is 2.41. The van der Waals surface area contributed by atoms with Crippen LogP contribution in [0.4, 0.5) is 0 Å². The third-order valence-electron chi connectivity index (χ3n) is 4.37. The maximum absolute atomic E-state index is 13.0. The number of rotatable bonds is 6. The standard InChI is InChI=1S/C19H21N3O5/c1-25-16-9-8-14(18(21-16)26-2)19(24)22-11-13(10-15(22)17(20)23)27-12-6-4-3-5-7-12/h3-9,13,15H,10-11H2,1-2H3,(H2,20,23)/t13-,15-/m0/s1. The average molecular weight is 371 g/mol. The van der Waals surface area contributed by atoms with Crippen molar-refractivity contribution in [2.75, 3.05) is 20.8 Å². The number of aromatic nitrogens is 1. The molecule has 0 unspecified atom stereocenters. The minimum atomic E-state index is -0.766. The van der Waals surface area contributed by atoms with Crippen molar-refractivity contribution in [3.8, 4) is 17.5 Å². The topological polar surface area (TPSA) is 104 Å². The number of carbonyl (C=O) groups is 2. The summed E-state index contributed by atoms with van der Waals surface area (Å²) < 4.78 is 16.1. The number of nitrogens with two attached hydrogens (primary N) is 1. The summed E-state index contributed by atoms with van der Waals surface area (Å²) in [5.74, 6) is 0.133. The zero-order valence-electron chi connectivity index (χ0n) is 15.1. The Balaban J connectivity index is 1.83. The lowest BCUT2D eigenvalue weighted by molar-refractivity contribution is -0.121. The van der Waals surface area contributed by atoms with E-state index in [0.717, 1.165) is 0 Å². The molecule has 0 saturated carbocycles. The Morgan fingerprint density at radius 2 is 1.85 bits per heavy atom. The molecule has 2 heterocycles. The van der Waals surface area contributed by atoms with Gasteiger partial charge in [0.05, 0.1) is 20.8 Å². The molecule has 8 nitrogen and oxygen atoms in total. The van der Waals surface area contributed by atoms with E-state index in [0.29, 0.717) is 18.1 Å². The highest BCUT2D eigenvalue weighted by Crippen LogP contribution is 2.28. The zero-order valence-corrected chi connectivity index (χ0v) is 15.1. The summed E-state index contributed by atoms with van der Waals surface area (Å²) >= 11 is 0. The van der Waals surface area contributed by atoms with E-state index in [1.165, 1.54) is 19.1 Å². The van der Waals surface area contributed by atoms with E-state index in [9.17, 15) is 9.59 Å². The number of nitrogens with zero attached hydrogens (tertiary/aromatic N) is 2. The van der Waals surface area contributed by atoms with Crippen LogP contribution < -0.4 is 19.9 Å². The van der Waals surface area contributed by atoms with Crippen LogP contribution in [-0.4, -0.2) is 54.6 Å². The number of para-hydroxylation sites is 1. The molecule has 1 aliphatic heterocycles. The molecule has 142 valence electrons. The van der Waals surface area contributed by atoms with Gasteiger partial charge in [-0.25, -0.2) is 0 Å². The molecule has 0 radical (unpaired) electrons. The lowest BCUT2D eigenvalue weighted by atomic mass is 10.1. The van der Waals surface area contributed by atoms with Crippen molar-refractivity contribution >= 4 is 11.8 Å². The second kappa shape index (κ2) is 7.94. The normalized spacial score (nSPS) is 18.8. The van der Waals surface area contributed by atoms with Crippen LogP contribution in [-0.2, 0) is 4.79 Å². The highest BCUT2D eigenvalue weighted by molar-refractivity contribution is 5.99. The number of likely N-dealkylation sites (tertiary alicyclic amines) is 1. The largest absolute Gasteiger partial charge is 0.488 e. The van der Waals surface area contributed by atoms with Gasteiger partial charge in [-0.1, -0.05) is 18.2 Å². The zero-order chi connectivity index (χ0) is 19.4. The van der Waals surface area contributed by atoms with Crippen LogP contribution in [0.1, 0.15) is 16.8 Å². The summed E-state index contributed by atoms with van der Waals surface area (Å²) in [5.41, 5.74) is 5.75. The molecule has 0 spiro atoms. The molecule has 1 fully saturated rings. The van der Waals surface area contributed by atoms with Gasteiger partial charge >= 0.3 is 0 Å². The molecular weight excluding hydrogens is 350 g/mol. The van der Waals surface area contributed by atoms with Crippen molar-refractivity contribution < 1.29 is 23.8 Å². The Labute approximate surface area is 156 Å². The summed E-state index contributed by atoms with van der Waals surface area (Å²) in [4.78, 5) is 30.5. The maximum Gasteiger partial charge on any atom is 0.260 e. The smallest absolute Gasteiger partial charge is 0.260 e. The molecule has 8 heteroatoms. The summed E-state index contributed by atoms with van der Waals surface area (Å²) in [6.45, 7) is 0.233. The Kier molecular flexibility index (Phi) is 5.44. The summed E-state index contributed by atoms with van der Waals surface area (Å²) in [6.07, 6.45) is -0.0203. The fourth-order valence-electron chi connectivity index (χ4n) is 3.08. The van der Waals surface area contributed by atoms with E-state index in [2.05, 4.69) is 4.98 Å². The molecule has 2 atom stereocenters. The number of methoxy groups -OCH3 is 2.